The zero-order chi connectivity index (χ0) is 34.8. The minimum atomic E-state index is -0.840. The number of benzene rings is 4. The van der Waals surface area contributed by atoms with E-state index in [1.165, 1.54) is 33.4 Å². The molecular weight excluding hydrogens is 609 g/mol. The summed E-state index contributed by atoms with van der Waals surface area (Å²) in [6.07, 6.45) is 0. The van der Waals surface area contributed by atoms with Gasteiger partial charge in [-0.05, 0) is 57.3 Å². The quantitative estimate of drug-likeness (QED) is 0.186. The number of rotatable bonds is 2. The van der Waals surface area contributed by atoms with E-state index < -0.39 is 5.41 Å². The third kappa shape index (κ3) is 3.71. The maximum atomic E-state index is 6.68. The van der Waals surface area contributed by atoms with E-state index in [2.05, 4.69) is 177 Å². The van der Waals surface area contributed by atoms with E-state index in [0.717, 1.165) is 45.4 Å². The predicted octanol–water partition coefficient (Wildman–Crippen LogP) is 11.4. The SMILES string of the molecule is CC1(C)c2ccccc2-c2nc(C3(c4ccc5c(n4)-c4ccccc4C(C)(C)C5(C)C)c4ccccc4Oc4ccccc43)ccc2C1(C)C. The molecule has 0 radical (unpaired) electrons. The average molecular weight is 653 g/mol. The van der Waals surface area contributed by atoms with Gasteiger partial charge in [-0.1, -0.05) is 152 Å². The minimum Gasteiger partial charge on any atom is -0.457 e. The summed E-state index contributed by atoms with van der Waals surface area (Å²) in [4.78, 5) is 11.6. The van der Waals surface area contributed by atoms with Crippen molar-refractivity contribution in [2.24, 2.45) is 0 Å². The molecule has 0 N–H and O–H groups in total. The molecule has 0 fully saturated rings. The van der Waals surface area contributed by atoms with Crippen molar-refractivity contribution < 1.29 is 4.74 Å². The van der Waals surface area contributed by atoms with Crippen molar-refractivity contribution in [3.63, 3.8) is 0 Å². The Labute approximate surface area is 296 Å². The molecule has 3 aliphatic rings. The van der Waals surface area contributed by atoms with Crippen LogP contribution in [0.25, 0.3) is 22.5 Å². The zero-order valence-electron chi connectivity index (χ0n) is 30.3. The predicted molar refractivity (Wildman–Crippen MR) is 203 cm³/mol. The van der Waals surface area contributed by atoms with Gasteiger partial charge in [0.1, 0.15) is 16.9 Å². The summed E-state index contributed by atoms with van der Waals surface area (Å²) in [6, 6.07) is 43.8. The molecule has 3 heteroatoms. The van der Waals surface area contributed by atoms with Crippen LogP contribution < -0.4 is 4.74 Å². The van der Waals surface area contributed by atoms with E-state index in [4.69, 9.17) is 14.7 Å². The second kappa shape index (κ2) is 10.0. The Kier molecular flexibility index (Phi) is 6.22. The van der Waals surface area contributed by atoms with Crippen molar-refractivity contribution in [1.82, 2.24) is 9.97 Å². The molecular formula is C47H44N2O. The molecule has 50 heavy (non-hydrogen) atoms. The third-order valence-electron chi connectivity index (χ3n) is 13.5. The molecule has 3 heterocycles. The van der Waals surface area contributed by atoms with Crippen molar-refractivity contribution in [2.45, 2.75) is 82.5 Å². The van der Waals surface area contributed by atoms with Crippen LogP contribution in [0.2, 0.25) is 0 Å². The molecule has 6 aromatic rings. The highest BCUT2D eigenvalue weighted by molar-refractivity contribution is 5.78. The molecule has 3 nitrogen and oxygen atoms in total. The number of nitrogens with zero attached hydrogens (tertiary/aromatic N) is 2. The largest absolute Gasteiger partial charge is 0.457 e. The van der Waals surface area contributed by atoms with Crippen LogP contribution in [0.1, 0.15) is 100 Å². The third-order valence-corrected chi connectivity index (χ3v) is 13.5. The highest BCUT2D eigenvalue weighted by Crippen LogP contribution is 2.59. The second-order valence-corrected chi connectivity index (χ2v) is 16.6. The Balaban J connectivity index is 1.41. The lowest BCUT2D eigenvalue weighted by Gasteiger charge is -2.49. The van der Waals surface area contributed by atoms with Gasteiger partial charge in [0, 0.05) is 33.1 Å². The van der Waals surface area contributed by atoms with Gasteiger partial charge in [-0.2, -0.15) is 0 Å². The lowest BCUT2D eigenvalue weighted by molar-refractivity contribution is 0.297. The van der Waals surface area contributed by atoms with Crippen LogP contribution >= 0.6 is 0 Å². The Hall–Kier alpha value is -5.02. The zero-order valence-corrected chi connectivity index (χ0v) is 30.3. The average Bonchev–Trinajstić information content (AvgIpc) is 3.12. The number of pyridine rings is 2. The molecule has 0 spiro atoms. The molecule has 0 saturated heterocycles. The number of hydrogen-bond acceptors (Lipinski definition) is 3. The van der Waals surface area contributed by atoms with Crippen LogP contribution in [0.15, 0.2) is 121 Å². The molecule has 4 aromatic carbocycles. The van der Waals surface area contributed by atoms with Gasteiger partial charge in [0.2, 0.25) is 0 Å². The molecule has 0 amide bonds. The first-order valence-corrected chi connectivity index (χ1v) is 17.9. The van der Waals surface area contributed by atoms with Gasteiger partial charge in [-0.3, -0.25) is 9.97 Å². The standard InChI is InChI=1S/C47H44N2O/c1-43(2)31-19-11-9-17-29(31)41-35(45(43,5)6)25-27-39(48-41)47(33-21-13-15-23-37(33)50-38-24-16-14-22-34(38)47)40-28-26-36-42(49-40)30-18-10-12-20-32(30)44(3,4)46(36,7)8/h9-28H,1-8H3. The van der Waals surface area contributed by atoms with Crippen molar-refractivity contribution in [3.8, 4) is 34.0 Å². The number of fused-ring (bicyclic) bond motifs is 8. The lowest BCUT2D eigenvalue weighted by atomic mass is 9.56. The first-order chi connectivity index (χ1) is 23.8. The fourth-order valence-corrected chi connectivity index (χ4v) is 9.25. The number of aromatic nitrogens is 2. The van der Waals surface area contributed by atoms with Crippen LogP contribution in [0.3, 0.4) is 0 Å². The van der Waals surface area contributed by atoms with Crippen molar-refractivity contribution in [3.05, 3.63) is 166 Å². The lowest BCUT2D eigenvalue weighted by Crippen LogP contribution is -2.45. The van der Waals surface area contributed by atoms with E-state index in [1.807, 2.05) is 0 Å². The molecule has 248 valence electrons. The normalized spacial score (nSPS) is 19.0. The highest BCUT2D eigenvalue weighted by atomic mass is 16.5. The molecule has 0 unspecified atom stereocenters. The van der Waals surface area contributed by atoms with Crippen LogP contribution in [0.5, 0.6) is 11.5 Å². The monoisotopic (exact) mass is 652 g/mol. The van der Waals surface area contributed by atoms with Gasteiger partial charge >= 0.3 is 0 Å². The smallest absolute Gasteiger partial charge is 0.132 e. The van der Waals surface area contributed by atoms with Gasteiger partial charge < -0.3 is 4.74 Å². The maximum Gasteiger partial charge on any atom is 0.132 e. The molecule has 0 bridgehead atoms. The van der Waals surface area contributed by atoms with E-state index in [1.54, 1.807) is 0 Å². The summed E-state index contributed by atoms with van der Waals surface area (Å²) in [5.74, 6) is 1.66. The highest BCUT2D eigenvalue weighted by Gasteiger charge is 2.52. The van der Waals surface area contributed by atoms with Crippen LogP contribution in [-0.4, -0.2) is 9.97 Å². The van der Waals surface area contributed by atoms with E-state index >= 15 is 0 Å². The van der Waals surface area contributed by atoms with Gasteiger partial charge in [0.15, 0.2) is 0 Å². The van der Waals surface area contributed by atoms with Crippen LogP contribution in [0, 0.1) is 0 Å². The van der Waals surface area contributed by atoms with Gasteiger partial charge in [0.05, 0.1) is 22.8 Å². The first kappa shape index (κ1) is 31.0. The molecule has 1 aliphatic heterocycles. The molecule has 2 aromatic heterocycles. The number of hydrogen-bond donors (Lipinski definition) is 0. The summed E-state index contributed by atoms with van der Waals surface area (Å²) in [7, 11) is 0. The van der Waals surface area contributed by atoms with Crippen LogP contribution in [-0.2, 0) is 27.1 Å². The molecule has 2 aliphatic carbocycles. The fraction of sp³-hybridized carbons (Fsp3) is 0.277. The maximum absolute atomic E-state index is 6.68. The van der Waals surface area contributed by atoms with E-state index in [9.17, 15) is 0 Å². The fourth-order valence-electron chi connectivity index (χ4n) is 9.25. The molecule has 0 saturated carbocycles. The van der Waals surface area contributed by atoms with Crippen molar-refractivity contribution in [2.75, 3.05) is 0 Å². The Morgan fingerprint density at radius 3 is 1.12 bits per heavy atom. The summed E-state index contributed by atoms with van der Waals surface area (Å²) < 4.78 is 6.68. The molecule has 0 atom stereocenters. The Morgan fingerprint density at radius 1 is 0.360 bits per heavy atom. The van der Waals surface area contributed by atoms with E-state index in [-0.39, 0.29) is 21.7 Å². The number of ether oxygens (including phenoxy) is 1. The summed E-state index contributed by atoms with van der Waals surface area (Å²) >= 11 is 0. The first-order valence-electron chi connectivity index (χ1n) is 17.9. The Bertz CT molecular complexity index is 2210. The van der Waals surface area contributed by atoms with Gasteiger partial charge in [0.25, 0.3) is 0 Å². The Morgan fingerprint density at radius 2 is 0.700 bits per heavy atom. The van der Waals surface area contributed by atoms with Crippen LogP contribution in [0.4, 0.5) is 0 Å². The number of para-hydroxylation sites is 2. The topological polar surface area (TPSA) is 35.0 Å². The summed E-state index contributed by atoms with van der Waals surface area (Å²) in [5, 5.41) is 0. The van der Waals surface area contributed by atoms with Crippen molar-refractivity contribution >= 4 is 0 Å². The van der Waals surface area contributed by atoms with Gasteiger partial charge in [-0.15, -0.1) is 0 Å². The summed E-state index contributed by atoms with van der Waals surface area (Å²) in [5.41, 5.74) is 12.4. The van der Waals surface area contributed by atoms with Gasteiger partial charge in [-0.25, -0.2) is 0 Å². The van der Waals surface area contributed by atoms with Crippen molar-refractivity contribution in [1.29, 1.82) is 0 Å². The second-order valence-electron chi connectivity index (χ2n) is 16.6. The molecule has 9 rings (SSSR count). The summed E-state index contributed by atoms with van der Waals surface area (Å²) in [6.45, 7) is 18.9. The minimum absolute atomic E-state index is 0.0800. The van der Waals surface area contributed by atoms with E-state index in [0.29, 0.717) is 0 Å².